The number of hydrogen-bond acceptors (Lipinski definition) is 4. The van der Waals surface area contributed by atoms with Gasteiger partial charge >= 0.3 is 7.12 Å². The molecule has 0 unspecified atom stereocenters. The minimum absolute atomic E-state index is 0.520. The van der Waals surface area contributed by atoms with Gasteiger partial charge in [0, 0.05) is 23.5 Å². The van der Waals surface area contributed by atoms with E-state index < -0.39 is 7.12 Å². The first kappa shape index (κ1) is 68.8. The Morgan fingerprint density at radius 2 is 0.316 bits per heavy atom. The van der Waals surface area contributed by atoms with Crippen LogP contribution in [-0.4, -0.2) is 27.1 Å². The summed E-state index contributed by atoms with van der Waals surface area (Å²) in [6, 6.07) is 146. The second kappa shape index (κ2) is 28.6. The van der Waals surface area contributed by atoms with Crippen LogP contribution in [0.1, 0.15) is 0 Å². The van der Waals surface area contributed by atoms with E-state index in [1.165, 1.54) is 131 Å². The lowest BCUT2D eigenvalue weighted by atomic mass is 9.73. The van der Waals surface area contributed by atoms with Gasteiger partial charge in [-0.25, -0.2) is 0 Å². The molecule has 0 aliphatic rings. The predicted molar refractivity (Wildman–Crippen MR) is 495 cm³/mol. The van der Waals surface area contributed by atoms with Gasteiger partial charge in [-0.05, 0) is 256 Å². The lowest BCUT2D eigenvalue weighted by molar-refractivity contribution is 0.426. The van der Waals surface area contributed by atoms with Gasteiger partial charge < -0.3 is 10.0 Å². The van der Waals surface area contributed by atoms with Crippen molar-refractivity contribution in [2.24, 2.45) is 0 Å². The summed E-state index contributed by atoms with van der Waals surface area (Å²) in [5.41, 5.74) is 27.8. The van der Waals surface area contributed by atoms with Crippen molar-refractivity contribution >= 4 is 110 Å². The highest BCUT2D eigenvalue weighted by molar-refractivity contribution is 6.63. The highest BCUT2D eigenvalue weighted by atomic mass is 16.4. The van der Waals surface area contributed by atoms with E-state index in [4.69, 9.17) is 9.97 Å². The fourth-order valence-corrected chi connectivity index (χ4v) is 18.8. The molecule has 2 aromatic heterocycles. The predicted octanol–water partition coefficient (Wildman–Crippen LogP) is 28.5. The van der Waals surface area contributed by atoms with Crippen LogP contribution in [0, 0.1) is 0 Å². The average molecular weight is 1490 g/mol. The Bertz CT molecular complexity index is 7170. The third-order valence-electron chi connectivity index (χ3n) is 24.2. The molecule has 0 saturated heterocycles. The topological polar surface area (TPSA) is 66.2 Å². The van der Waals surface area contributed by atoms with Gasteiger partial charge in [-0.2, -0.15) is 0 Å². The first-order valence-electron chi connectivity index (χ1n) is 40.0. The van der Waals surface area contributed by atoms with E-state index in [0.717, 1.165) is 99.3 Å². The summed E-state index contributed by atoms with van der Waals surface area (Å²) in [7, 11) is -1.57. The van der Waals surface area contributed by atoms with Crippen LogP contribution in [0.25, 0.3) is 231 Å². The number of hydrogen-bond donors (Lipinski definition) is 2. The van der Waals surface area contributed by atoms with E-state index in [1.54, 1.807) is 0 Å². The quantitative estimate of drug-likeness (QED) is 0.0892. The number of benzene rings is 21. The van der Waals surface area contributed by atoms with E-state index in [9.17, 15) is 10.0 Å². The number of aromatic nitrogens is 2. The first-order valence-corrected chi connectivity index (χ1v) is 40.0. The molecule has 2 N–H and O–H groups in total. The van der Waals surface area contributed by atoms with Crippen molar-refractivity contribution in [1.82, 2.24) is 9.97 Å². The molecular formula is C112H71BN2O2. The maximum atomic E-state index is 10.4. The molecule has 0 aliphatic carbocycles. The van der Waals surface area contributed by atoms with Crippen LogP contribution in [0.15, 0.2) is 419 Å². The Morgan fingerprint density at radius 3 is 0.487 bits per heavy atom. The highest BCUT2D eigenvalue weighted by Crippen LogP contribution is 2.53. The van der Waals surface area contributed by atoms with Gasteiger partial charge in [0.2, 0.25) is 0 Å². The van der Waals surface area contributed by atoms with Crippen LogP contribution in [0.3, 0.4) is 0 Å². The summed E-state index contributed by atoms with van der Waals surface area (Å²) < 4.78 is 0. The first-order chi connectivity index (χ1) is 57.9. The van der Waals surface area contributed by atoms with E-state index in [-0.39, 0.29) is 0 Å². The summed E-state index contributed by atoms with van der Waals surface area (Å²) in [6.07, 6.45) is 4.08. The van der Waals surface area contributed by atoms with Crippen molar-refractivity contribution in [3.8, 4) is 134 Å². The van der Waals surface area contributed by atoms with Crippen molar-refractivity contribution in [3.05, 3.63) is 419 Å². The zero-order valence-corrected chi connectivity index (χ0v) is 63.7. The molecule has 21 aromatic carbocycles. The lowest BCUT2D eigenvalue weighted by Crippen LogP contribution is -2.30. The SMILES string of the molecule is OB(O)c1cc(-c2ccccc2)c2ccc3c(-c4ccccc4)cc(-c4ccccc4)c4ccc1c2c43.c1ccc(-c2cc(-c3ccccc3)c3ccc4c(-c5ccc(-c6ccc(-c7cc(-c8ccccc8)c8ccc9c(-c%10ccccc%10)cc(-c%10ccccc%10)c%10ccc7c8c9%10)cn6)nc5)cc(-c5ccccc5)c5ccc2c3c54)cc1. The molecule has 0 fully saturated rings. The highest BCUT2D eigenvalue weighted by Gasteiger charge is 2.27. The van der Waals surface area contributed by atoms with Crippen molar-refractivity contribution in [3.63, 3.8) is 0 Å². The fourth-order valence-electron chi connectivity index (χ4n) is 18.8. The molecular weight excluding hydrogens is 1420 g/mol. The molecule has 4 nitrogen and oxygen atoms in total. The molecule has 117 heavy (non-hydrogen) atoms. The Kier molecular flexibility index (Phi) is 16.8. The largest absolute Gasteiger partial charge is 0.489 e. The van der Waals surface area contributed by atoms with E-state index >= 15 is 0 Å². The summed E-state index contributed by atoms with van der Waals surface area (Å²) >= 11 is 0. The molecule has 5 heteroatoms. The molecule has 0 aliphatic heterocycles. The Labute approximate surface area is 677 Å². The smallest absolute Gasteiger partial charge is 0.423 e. The zero-order chi connectivity index (χ0) is 77.6. The van der Waals surface area contributed by atoms with Gasteiger partial charge in [0.15, 0.2) is 0 Å². The third-order valence-corrected chi connectivity index (χ3v) is 24.2. The van der Waals surface area contributed by atoms with E-state index in [1.807, 2.05) is 54.9 Å². The van der Waals surface area contributed by atoms with Gasteiger partial charge in [0.1, 0.15) is 0 Å². The molecule has 23 aromatic rings. The molecule has 23 rings (SSSR count). The van der Waals surface area contributed by atoms with Gasteiger partial charge in [-0.15, -0.1) is 0 Å². The van der Waals surface area contributed by atoms with Crippen LogP contribution in [0.2, 0.25) is 0 Å². The molecule has 0 saturated carbocycles. The van der Waals surface area contributed by atoms with Crippen molar-refractivity contribution in [2.45, 2.75) is 0 Å². The summed E-state index contributed by atoms with van der Waals surface area (Å²) in [5.74, 6) is 0. The molecule has 0 bridgehead atoms. The summed E-state index contributed by atoms with van der Waals surface area (Å²) in [5, 5.41) is 42.3. The molecule has 544 valence electrons. The monoisotopic (exact) mass is 1490 g/mol. The van der Waals surface area contributed by atoms with Crippen LogP contribution >= 0.6 is 0 Å². The Morgan fingerprint density at radius 1 is 0.154 bits per heavy atom. The normalized spacial score (nSPS) is 11.7. The molecule has 0 atom stereocenters. The number of pyridine rings is 2. The van der Waals surface area contributed by atoms with Crippen LogP contribution in [-0.2, 0) is 0 Å². The number of nitrogens with zero attached hydrogens (tertiary/aromatic N) is 2. The summed E-state index contributed by atoms with van der Waals surface area (Å²) in [4.78, 5) is 10.4. The maximum absolute atomic E-state index is 10.4. The minimum Gasteiger partial charge on any atom is -0.423 e. The van der Waals surface area contributed by atoms with Crippen LogP contribution in [0.4, 0.5) is 0 Å². The minimum atomic E-state index is -1.57. The van der Waals surface area contributed by atoms with Gasteiger partial charge in [0.05, 0.1) is 11.4 Å². The second-order valence-corrected chi connectivity index (χ2v) is 30.6. The standard InChI is InChI=1S/C78H48N2.C34H23BO2/c1-7-19-49(20-8-1)65-43-67(51-23-11-3-12-24-51)59-37-39-63-71(45-69(53-27-15-5-16-28-53)61-35-33-57(65)75(59)77(61)63)55-31-41-73(79-47-55)74-42-32-56(48-80-74)72-46-70(54-29-17-6-18-30-54)62-36-34-58-66(50-21-9-2-10-22-50)44-68(52-25-13-4-14-26-52)60-38-40-64(72)78(62)76(58)60;36-35(37)32-21-31(24-14-8-3-9-15-24)27-17-16-25-29(22-10-4-1-5-11-22)20-30(23-12-6-2-7-13-23)26-18-19-28(32)34(27)33(25)26/h1-48H;1-21,36-37H. The average Bonchev–Trinajstić information content (AvgIpc) is 0.715. The maximum Gasteiger partial charge on any atom is 0.489 e. The molecule has 0 spiro atoms. The van der Waals surface area contributed by atoms with E-state index in [2.05, 4.69) is 364 Å². The third kappa shape index (κ3) is 11.7. The van der Waals surface area contributed by atoms with Crippen LogP contribution in [0.5, 0.6) is 0 Å². The molecule has 2 heterocycles. The lowest BCUT2D eigenvalue weighted by Gasteiger charge is -2.21. The molecule has 0 amide bonds. The van der Waals surface area contributed by atoms with Gasteiger partial charge in [-0.3, -0.25) is 9.97 Å². The van der Waals surface area contributed by atoms with E-state index in [0.29, 0.717) is 5.46 Å². The fraction of sp³-hybridized carbons (Fsp3) is 0. The van der Waals surface area contributed by atoms with Gasteiger partial charge in [-0.1, -0.05) is 364 Å². The van der Waals surface area contributed by atoms with Gasteiger partial charge in [0.25, 0.3) is 0 Å². The summed E-state index contributed by atoms with van der Waals surface area (Å²) in [6.45, 7) is 0. The second-order valence-electron chi connectivity index (χ2n) is 30.6. The van der Waals surface area contributed by atoms with Crippen molar-refractivity contribution in [2.75, 3.05) is 0 Å². The van der Waals surface area contributed by atoms with Crippen molar-refractivity contribution < 1.29 is 10.0 Å². The molecule has 0 radical (unpaired) electrons. The zero-order valence-electron chi connectivity index (χ0n) is 63.7. The number of rotatable bonds is 13. The van der Waals surface area contributed by atoms with Crippen LogP contribution < -0.4 is 5.46 Å². The van der Waals surface area contributed by atoms with Crippen molar-refractivity contribution in [1.29, 1.82) is 0 Å². The Hall–Kier alpha value is -15.0. The Balaban J connectivity index is 0.000000186.